The molecule has 0 heterocycles. The largest absolute Gasteiger partial charge is 0.356 e. The molecule has 0 aliphatic heterocycles. The summed E-state index contributed by atoms with van der Waals surface area (Å²) in [4.78, 5) is 18.1. The van der Waals surface area contributed by atoms with Crippen LogP contribution in [0.4, 0.5) is 0 Å². The normalized spacial score (nSPS) is 12.1. The van der Waals surface area contributed by atoms with E-state index < -0.39 is 0 Å². The summed E-state index contributed by atoms with van der Waals surface area (Å²) in [6.07, 6.45) is 0.803. The summed E-state index contributed by atoms with van der Waals surface area (Å²) in [6, 6.07) is 22.7. The van der Waals surface area contributed by atoms with Crippen molar-refractivity contribution in [2.45, 2.75) is 19.4 Å². The fourth-order valence-electron chi connectivity index (χ4n) is 3.55. The molecule has 31 heavy (non-hydrogen) atoms. The van der Waals surface area contributed by atoms with E-state index in [1.165, 1.54) is 16.3 Å². The van der Waals surface area contributed by atoms with Gasteiger partial charge in [0.2, 0.25) is 0 Å². The van der Waals surface area contributed by atoms with Crippen LogP contribution in [0.5, 0.6) is 0 Å². The van der Waals surface area contributed by atoms with Gasteiger partial charge >= 0.3 is 0 Å². The Kier molecular flexibility index (Phi) is 9.30. The minimum atomic E-state index is 0. The summed E-state index contributed by atoms with van der Waals surface area (Å²) in [7, 11) is 5.31. The highest BCUT2D eigenvalue weighted by Gasteiger charge is 2.11. The minimum Gasteiger partial charge on any atom is -0.356 e. The van der Waals surface area contributed by atoms with Gasteiger partial charge in [0.25, 0.3) is 5.91 Å². The minimum absolute atomic E-state index is 0. The molecule has 0 aromatic heterocycles. The number of carbonyl (C=O) groups excluding carboxylic acids is 1. The second-order valence-corrected chi connectivity index (χ2v) is 7.58. The molecule has 0 aliphatic rings. The molecule has 6 heteroatoms. The van der Waals surface area contributed by atoms with E-state index in [2.05, 4.69) is 65.0 Å². The van der Waals surface area contributed by atoms with Crippen molar-refractivity contribution >= 4 is 46.6 Å². The van der Waals surface area contributed by atoms with E-state index in [0.29, 0.717) is 5.56 Å². The number of amides is 1. The maximum absolute atomic E-state index is 12.2. The fraction of sp³-hybridized carbons (Fsp3) is 0.280. The summed E-state index contributed by atoms with van der Waals surface area (Å²) >= 11 is 0. The topological polar surface area (TPSA) is 56.7 Å². The number of nitrogens with zero attached hydrogens (tertiary/aromatic N) is 2. The lowest BCUT2D eigenvalue weighted by molar-refractivity contribution is 0.0827. The third-order valence-electron chi connectivity index (χ3n) is 5.15. The maximum atomic E-state index is 12.2. The van der Waals surface area contributed by atoms with Crippen molar-refractivity contribution in [3.8, 4) is 0 Å². The van der Waals surface area contributed by atoms with Crippen LogP contribution < -0.4 is 10.6 Å². The number of benzene rings is 3. The lowest BCUT2D eigenvalue weighted by Gasteiger charge is -2.20. The van der Waals surface area contributed by atoms with E-state index in [4.69, 9.17) is 0 Å². The van der Waals surface area contributed by atoms with Gasteiger partial charge in [-0.15, -0.1) is 24.0 Å². The van der Waals surface area contributed by atoms with Gasteiger partial charge < -0.3 is 15.5 Å². The molecule has 2 N–H and O–H groups in total. The van der Waals surface area contributed by atoms with E-state index in [0.717, 1.165) is 24.5 Å². The summed E-state index contributed by atoms with van der Waals surface area (Å²) < 4.78 is 0. The van der Waals surface area contributed by atoms with Gasteiger partial charge in [0.05, 0.1) is 6.04 Å². The molecule has 0 saturated heterocycles. The van der Waals surface area contributed by atoms with Crippen molar-refractivity contribution < 1.29 is 4.79 Å². The first-order valence-corrected chi connectivity index (χ1v) is 10.2. The molecule has 0 spiro atoms. The third-order valence-corrected chi connectivity index (χ3v) is 5.15. The van der Waals surface area contributed by atoms with Crippen LogP contribution in [-0.4, -0.2) is 44.5 Å². The zero-order valence-electron chi connectivity index (χ0n) is 18.6. The van der Waals surface area contributed by atoms with E-state index in [-0.39, 0.29) is 35.9 Å². The number of aliphatic imine (C=N–C) groups is 1. The van der Waals surface area contributed by atoms with Gasteiger partial charge in [-0.3, -0.25) is 9.79 Å². The highest BCUT2D eigenvalue weighted by Crippen LogP contribution is 2.23. The molecule has 0 aliphatic carbocycles. The van der Waals surface area contributed by atoms with Gasteiger partial charge in [-0.25, -0.2) is 0 Å². The molecule has 164 valence electrons. The maximum Gasteiger partial charge on any atom is 0.253 e. The van der Waals surface area contributed by atoms with E-state index in [9.17, 15) is 4.79 Å². The van der Waals surface area contributed by atoms with Crippen LogP contribution in [0.25, 0.3) is 10.8 Å². The summed E-state index contributed by atoms with van der Waals surface area (Å²) in [5, 5.41) is 9.35. The monoisotopic (exact) mass is 530 g/mol. The summed E-state index contributed by atoms with van der Waals surface area (Å²) in [5.41, 5.74) is 3.07. The fourth-order valence-corrected chi connectivity index (χ4v) is 3.55. The van der Waals surface area contributed by atoms with Crippen LogP contribution in [0.15, 0.2) is 71.7 Å². The van der Waals surface area contributed by atoms with E-state index in [1.54, 1.807) is 26.0 Å². The zero-order chi connectivity index (χ0) is 21.5. The van der Waals surface area contributed by atoms with Gasteiger partial charge in [-0.2, -0.15) is 0 Å². The molecule has 0 saturated carbocycles. The molecule has 0 fully saturated rings. The second-order valence-electron chi connectivity index (χ2n) is 7.58. The molecule has 0 bridgehead atoms. The smallest absolute Gasteiger partial charge is 0.253 e. The van der Waals surface area contributed by atoms with Crippen LogP contribution in [0.1, 0.15) is 34.5 Å². The van der Waals surface area contributed by atoms with Crippen LogP contribution >= 0.6 is 24.0 Å². The lowest BCUT2D eigenvalue weighted by Crippen LogP contribution is -2.39. The SMILES string of the molecule is CN=C(NCCc1cccc(C(=O)N(C)C)c1)NC(C)c1cccc2ccccc12.I. The van der Waals surface area contributed by atoms with Crippen LogP contribution in [0.3, 0.4) is 0 Å². The average Bonchev–Trinajstić information content (AvgIpc) is 2.77. The number of rotatable bonds is 6. The first-order chi connectivity index (χ1) is 14.5. The Balaban J connectivity index is 0.00000341. The van der Waals surface area contributed by atoms with Crippen LogP contribution in [0.2, 0.25) is 0 Å². The van der Waals surface area contributed by atoms with Crippen molar-refractivity contribution in [1.82, 2.24) is 15.5 Å². The van der Waals surface area contributed by atoms with Gasteiger partial charge in [0.15, 0.2) is 5.96 Å². The predicted octanol–water partition coefficient (Wildman–Crippen LogP) is 4.63. The van der Waals surface area contributed by atoms with Crippen LogP contribution in [0, 0.1) is 0 Å². The number of guanidine groups is 1. The Morgan fingerprint density at radius 3 is 2.48 bits per heavy atom. The molecule has 1 unspecified atom stereocenters. The first-order valence-electron chi connectivity index (χ1n) is 10.2. The average molecular weight is 530 g/mol. The summed E-state index contributed by atoms with van der Waals surface area (Å²) in [5.74, 6) is 0.780. The molecule has 1 atom stereocenters. The van der Waals surface area contributed by atoms with Crippen molar-refractivity contribution in [2.24, 2.45) is 4.99 Å². The van der Waals surface area contributed by atoms with Gasteiger partial charge in [-0.1, -0.05) is 54.6 Å². The van der Waals surface area contributed by atoms with Crippen molar-refractivity contribution in [2.75, 3.05) is 27.7 Å². The summed E-state index contributed by atoms with van der Waals surface area (Å²) in [6.45, 7) is 2.87. The molecule has 1 amide bonds. The van der Waals surface area contributed by atoms with Crippen LogP contribution in [-0.2, 0) is 6.42 Å². The molecule has 3 aromatic carbocycles. The number of hydrogen-bond acceptors (Lipinski definition) is 2. The number of hydrogen-bond donors (Lipinski definition) is 2. The highest BCUT2D eigenvalue weighted by atomic mass is 127. The standard InChI is InChI=1S/C25H30N4O.HI/c1-18(22-14-8-11-20-10-5-6-13-23(20)22)28-25(26-2)27-16-15-19-9-7-12-21(17-19)24(30)29(3)4;/h5-14,17-18H,15-16H2,1-4H3,(H2,26,27,28);1H. The molecule has 0 radical (unpaired) electrons. The molecular formula is C25H31IN4O. The quantitative estimate of drug-likeness (QED) is 0.278. The number of carbonyl (C=O) groups is 1. The molecule has 5 nitrogen and oxygen atoms in total. The number of halogens is 1. The Labute approximate surface area is 202 Å². The lowest BCUT2D eigenvalue weighted by atomic mass is 10.00. The Bertz CT molecular complexity index is 1040. The Morgan fingerprint density at radius 1 is 1.03 bits per heavy atom. The molecular weight excluding hydrogens is 499 g/mol. The number of fused-ring (bicyclic) bond motifs is 1. The van der Waals surface area contributed by atoms with E-state index >= 15 is 0 Å². The van der Waals surface area contributed by atoms with E-state index in [1.807, 2.05) is 24.3 Å². The Morgan fingerprint density at radius 2 is 1.74 bits per heavy atom. The first kappa shape index (κ1) is 24.7. The van der Waals surface area contributed by atoms with Crippen molar-refractivity contribution in [1.29, 1.82) is 0 Å². The third kappa shape index (κ3) is 6.43. The zero-order valence-corrected chi connectivity index (χ0v) is 20.9. The number of nitrogens with one attached hydrogen (secondary N) is 2. The Hall–Kier alpha value is -2.61. The molecule has 3 aromatic rings. The highest BCUT2D eigenvalue weighted by molar-refractivity contribution is 14.0. The second kappa shape index (κ2) is 11.7. The van der Waals surface area contributed by atoms with Gasteiger partial charge in [-0.05, 0) is 47.4 Å². The van der Waals surface area contributed by atoms with Crippen molar-refractivity contribution in [3.63, 3.8) is 0 Å². The van der Waals surface area contributed by atoms with Crippen molar-refractivity contribution in [3.05, 3.63) is 83.4 Å². The van der Waals surface area contributed by atoms with Gasteiger partial charge in [0.1, 0.15) is 0 Å². The predicted molar refractivity (Wildman–Crippen MR) is 140 cm³/mol. The molecule has 3 rings (SSSR count). The van der Waals surface area contributed by atoms with Gasteiger partial charge in [0, 0.05) is 33.3 Å².